The second-order valence-corrected chi connectivity index (χ2v) is 7.13. The lowest BCUT2D eigenvalue weighted by Crippen LogP contribution is -2.48. The van der Waals surface area contributed by atoms with E-state index in [1.807, 2.05) is 38.7 Å². The number of rotatable bonds is 4. The Morgan fingerprint density at radius 2 is 2.17 bits per heavy atom. The predicted molar refractivity (Wildman–Crippen MR) is 95.4 cm³/mol. The van der Waals surface area contributed by atoms with Crippen LogP contribution in [0, 0.1) is 6.92 Å². The molecule has 2 amide bonds. The number of aromatic nitrogens is 3. The van der Waals surface area contributed by atoms with Crippen molar-refractivity contribution in [2.45, 2.75) is 38.8 Å². The molecule has 0 aliphatic carbocycles. The molecule has 1 saturated heterocycles. The maximum Gasteiger partial charge on any atom is 0.315 e. The highest BCUT2D eigenvalue weighted by atomic mass is 32.1. The Hall–Kier alpha value is -2.09. The standard InChI is InChI=1S/C16H24N6OS/c1-11(14-10-21(3)20-12(14)2)18-15(23)19-13-4-7-22(8-5-13)16-17-6-9-24-16/h6,9-11,13H,4-5,7-8H2,1-3H3,(H2,18,19,23)/t11-/m0/s1. The van der Waals surface area contributed by atoms with Gasteiger partial charge in [-0.05, 0) is 26.7 Å². The van der Waals surface area contributed by atoms with Crippen LogP contribution in [0.25, 0.3) is 0 Å². The number of urea groups is 1. The SMILES string of the molecule is Cc1nn(C)cc1[C@H](C)NC(=O)NC1CCN(c2nccs2)CC1. The lowest BCUT2D eigenvalue weighted by atomic mass is 10.1. The predicted octanol–water partition coefficient (Wildman–Crippen LogP) is 2.21. The highest BCUT2D eigenvalue weighted by Gasteiger charge is 2.23. The number of piperidine rings is 1. The Kier molecular flexibility index (Phi) is 5.03. The van der Waals surface area contributed by atoms with Gasteiger partial charge in [0, 0.05) is 49.5 Å². The topological polar surface area (TPSA) is 75.1 Å². The van der Waals surface area contributed by atoms with E-state index in [9.17, 15) is 4.79 Å². The zero-order valence-corrected chi connectivity index (χ0v) is 15.1. The molecule has 0 radical (unpaired) electrons. The largest absolute Gasteiger partial charge is 0.348 e. The van der Waals surface area contributed by atoms with Crippen LogP contribution in [-0.4, -0.2) is 39.9 Å². The molecule has 1 aliphatic rings. The van der Waals surface area contributed by atoms with Crippen LogP contribution in [0.15, 0.2) is 17.8 Å². The van der Waals surface area contributed by atoms with Gasteiger partial charge in [-0.3, -0.25) is 4.68 Å². The zero-order chi connectivity index (χ0) is 17.1. The highest BCUT2D eigenvalue weighted by molar-refractivity contribution is 7.13. The molecule has 0 saturated carbocycles. The molecule has 0 unspecified atom stereocenters. The first-order chi connectivity index (χ1) is 11.5. The van der Waals surface area contributed by atoms with Crippen LogP contribution >= 0.6 is 11.3 Å². The molecule has 7 nitrogen and oxygen atoms in total. The maximum absolute atomic E-state index is 12.2. The summed E-state index contributed by atoms with van der Waals surface area (Å²) >= 11 is 1.66. The van der Waals surface area contributed by atoms with Gasteiger partial charge in [-0.1, -0.05) is 0 Å². The molecule has 1 fully saturated rings. The fourth-order valence-corrected chi connectivity index (χ4v) is 3.83. The van der Waals surface area contributed by atoms with Gasteiger partial charge in [0.15, 0.2) is 5.13 Å². The first-order valence-corrected chi connectivity index (χ1v) is 9.12. The number of hydrogen-bond donors (Lipinski definition) is 2. The van der Waals surface area contributed by atoms with E-state index in [2.05, 4.69) is 25.6 Å². The summed E-state index contributed by atoms with van der Waals surface area (Å²) in [5.74, 6) is 0. The van der Waals surface area contributed by atoms with E-state index in [4.69, 9.17) is 0 Å². The first kappa shape index (κ1) is 16.8. The third-order valence-corrected chi connectivity index (χ3v) is 5.22. The normalized spacial score (nSPS) is 16.9. The monoisotopic (exact) mass is 348 g/mol. The van der Waals surface area contributed by atoms with Crippen LogP contribution in [0.4, 0.5) is 9.93 Å². The van der Waals surface area contributed by atoms with Crippen molar-refractivity contribution >= 4 is 22.5 Å². The number of thiazole rings is 1. The summed E-state index contributed by atoms with van der Waals surface area (Å²) in [7, 11) is 1.89. The second kappa shape index (κ2) is 7.21. The number of carbonyl (C=O) groups excluding carboxylic acids is 1. The summed E-state index contributed by atoms with van der Waals surface area (Å²) in [5, 5.41) is 13.5. The fourth-order valence-electron chi connectivity index (χ4n) is 3.13. The average molecular weight is 348 g/mol. The Morgan fingerprint density at radius 1 is 1.42 bits per heavy atom. The van der Waals surface area contributed by atoms with Crippen molar-refractivity contribution in [2.24, 2.45) is 7.05 Å². The second-order valence-electron chi connectivity index (χ2n) is 6.26. The quantitative estimate of drug-likeness (QED) is 0.888. The van der Waals surface area contributed by atoms with Gasteiger partial charge in [-0.15, -0.1) is 11.3 Å². The van der Waals surface area contributed by atoms with Gasteiger partial charge in [0.2, 0.25) is 0 Å². The molecule has 0 aromatic carbocycles. The van der Waals surface area contributed by atoms with E-state index in [1.165, 1.54) is 0 Å². The smallest absolute Gasteiger partial charge is 0.315 e. The molecule has 2 aromatic heterocycles. The van der Waals surface area contributed by atoms with Crippen molar-refractivity contribution in [3.63, 3.8) is 0 Å². The molecule has 8 heteroatoms. The lowest BCUT2D eigenvalue weighted by molar-refractivity contribution is 0.231. The molecular formula is C16H24N6OS. The van der Waals surface area contributed by atoms with Gasteiger partial charge in [0.25, 0.3) is 0 Å². The molecule has 2 N–H and O–H groups in total. The third kappa shape index (κ3) is 3.87. The van der Waals surface area contributed by atoms with E-state index in [1.54, 1.807) is 16.0 Å². The van der Waals surface area contributed by atoms with Crippen LogP contribution in [0.2, 0.25) is 0 Å². The Bertz CT molecular complexity index is 675. The maximum atomic E-state index is 12.2. The highest BCUT2D eigenvalue weighted by Crippen LogP contribution is 2.22. The number of nitrogens with one attached hydrogen (secondary N) is 2. The van der Waals surface area contributed by atoms with Gasteiger partial charge in [0.1, 0.15) is 0 Å². The first-order valence-electron chi connectivity index (χ1n) is 8.24. The number of anilines is 1. The number of nitrogens with zero attached hydrogens (tertiary/aromatic N) is 4. The van der Waals surface area contributed by atoms with Gasteiger partial charge in [-0.25, -0.2) is 9.78 Å². The van der Waals surface area contributed by atoms with E-state index in [0.717, 1.165) is 42.3 Å². The Labute approximate surface area is 146 Å². The van der Waals surface area contributed by atoms with Crippen molar-refractivity contribution in [1.29, 1.82) is 0 Å². The Balaban J connectivity index is 1.46. The van der Waals surface area contributed by atoms with Crippen molar-refractivity contribution in [3.05, 3.63) is 29.0 Å². The summed E-state index contributed by atoms with van der Waals surface area (Å²) in [6, 6.07) is 0.0379. The summed E-state index contributed by atoms with van der Waals surface area (Å²) in [6.45, 7) is 5.79. The van der Waals surface area contributed by atoms with E-state index in [0.29, 0.717) is 0 Å². The van der Waals surface area contributed by atoms with E-state index in [-0.39, 0.29) is 18.1 Å². The summed E-state index contributed by atoms with van der Waals surface area (Å²) in [6.07, 6.45) is 5.66. The minimum atomic E-state index is -0.113. The van der Waals surface area contributed by atoms with Gasteiger partial charge < -0.3 is 15.5 Å². The van der Waals surface area contributed by atoms with Gasteiger partial charge >= 0.3 is 6.03 Å². The molecule has 1 aliphatic heterocycles. The summed E-state index contributed by atoms with van der Waals surface area (Å²) in [5.41, 5.74) is 1.99. The third-order valence-electron chi connectivity index (χ3n) is 4.39. The van der Waals surface area contributed by atoms with Gasteiger partial charge in [-0.2, -0.15) is 5.10 Å². The zero-order valence-electron chi connectivity index (χ0n) is 14.3. The fraction of sp³-hybridized carbons (Fsp3) is 0.562. The summed E-state index contributed by atoms with van der Waals surface area (Å²) in [4.78, 5) is 18.9. The number of aryl methyl sites for hydroxylation is 2. The van der Waals surface area contributed by atoms with Crippen molar-refractivity contribution in [1.82, 2.24) is 25.4 Å². The van der Waals surface area contributed by atoms with Crippen molar-refractivity contribution in [3.8, 4) is 0 Å². The molecular weight excluding hydrogens is 324 g/mol. The molecule has 130 valence electrons. The molecule has 24 heavy (non-hydrogen) atoms. The van der Waals surface area contributed by atoms with E-state index >= 15 is 0 Å². The summed E-state index contributed by atoms with van der Waals surface area (Å²) < 4.78 is 1.77. The van der Waals surface area contributed by atoms with Crippen molar-refractivity contribution < 1.29 is 4.79 Å². The van der Waals surface area contributed by atoms with Crippen molar-refractivity contribution in [2.75, 3.05) is 18.0 Å². The number of hydrogen-bond acceptors (Lipinski definition) is 5. The Morgan fingerprint density at radius 3 is 2.75 bits per heavy atom. The van der Waals surface area contributed by atoms with Crippen LogP contribution in [0.3, 0.4) is 0 Å². The van der Waals surface area contributed by atoms with Crippen LogP contribution in [0.5, 0.6) is 0 Å². The average Bonchev–Trinajstić information content (AvgIpc) is 3.17. The number of amides is 2. The van der Waals surface area contributed by atoms with Crippen LogP contribution in [0.1, 0.15) is 37.1 Å². The minimum Gasteiger partial charge on any atom is -0.348 e. The van der Waals surface area contributed by atoms with Crippen LogP contribution < -0.4 is 15.5 Å². The minimum absolute atomic E-state index is 0.0610. The molecule has 1 atom stereocenters. The molecule has 3 rings (SSSR count). The molecule has 0 bridgehead atoms. The number of carbonyl (C=O) groups is 1. The van der Waals surface area contributed by atoms with Gasteiger partial charge in [0.05, 0.1) is 11.7 Å². The molecule has 2 aromatic rings. The molecule has 3 heterocycles. The van der Waals surface area contributed by atoms with E-state index < -0.39 is 0 Å². The molecule has 0 spiro atoms. The lowest BCUT2D eigenvalue weighted by Gasteiger charge is -2.32. The van der Waals surface area contributed by atoms with Crippen LogP contribution in [-0.2, 0) is 7.05 Å².